The molecule has 1 fully saturated rings. The predicted molar refractivity (Wildman–Crippen MR) is 69.6 cm³/mol. The normalized spacial score (nSPS) is 30.5. The Hall–Kier alpha value is -0.410. The first kappa shape index (κ1) is 12.1. The highest BCUT2D eigenvalue weighted by Gasteiger charge is 2.31. The van der Waals surface area contributed by atoms with E-state index >= 15 is 0 Å². The van der Waals surface area contributed by atoms with Gasteiger partial charge in [-0.15, -0.1) is 11.3 Å². The lowest BCUT2D eigenvalue weighted by Gasteiger charge is -2.37. The van der Waals surface area contributed by atoms with E-state index in [-0.39, 0.29) is 5.54 Å². The van der Waals surface area contributed by atoms with E-state index in [1.165, 1.54) is 44.2 Å². The van der Waals surface area contributed by atoms with E-state index < -0.39 is 0 Å². The third-order valence-corrected chi connectivity index (χ3v) is 4.45. The molecule has 0 aromatic carbocycles. The molecule has 2 nitrogen and oxygen atoms in total. The Morgan fingerprint density at radius 2 is 2.25 bits per heavy atom. The van der Waals surface area contributed by atoms with Gasteiger partial charge in [0.05, 0.1) is 11.2 Å². The smallest absolute Gasteiger partial charge is 0.0794 e. The molecular formula is C13H22N2S. The average molecular weight is 238 g/mol. The van der Waals surface area contributed by atoms with Crippen molar-refractivity contribution in [1.82, 2.24) is 4.98 Å². The van der Waals surface area contributed by atoms with Gasteiger partial charge in [0.1, 0.15) is 0 Å². The van der Waals surface area contributed by atoms with Crippen LogP contribution in [0.1, 0.15) is 51.1 Å². The van der Waals surface area contributed by atoms with Crippen LogP contribution in [0.5, 0.6) is 0 Å². The van der Waals surface area contributed by atoms with E-state index in [1.54, 1.807) is 11.3 Å². The standard InChI is InChI=1S/C13H22N2S/c1-2-3-11-4-6-13(14,7-5-11)8-12-9-16-10-15-12/h9-11H,2-8,14H2,1H3. The van der Waals surface area contributed by atoms with Gasteiger partial charge in [-0.2, -0.15) is 0 Å². The molecule has 2 rings (SSSR count). The lowest BCUT2D eigenvalue weighted by atomic mass is 9.74. The van der Waals surface area contributed by atoms with Crippen LogP contribution in [0, 0.1) is 5.92 Å². The summed E-state index contributed by atoms with van der Waals surface area (Å²) in [6, 6.07) is 0. The highest BCUT2D eigenvalue weighted by Crippen LogP contribution is 2.34. The number of nitrogens with zero attached hydrogens (tertiary/aromatic N) is 1. The lowest BCUT2D eigenvalue weighted by molar-refractivity contribution is 0.222. The molecule has 0 saturated heterocycles. The summed E-state index contributed by atoms with van der Waals surface area (Å²) in [5.41, 5.74) is 9.59. The maximum atomic E-state index is 6.47. The Kier molecular flexibility index (Phi) is 3.98. The van der Waals surface area contributed by atoms with Gasteiger partial charge in [0.15, 0.2) is 0 Å². The summed E-state index contributed by atoms with van der Waals surface area (Å²) in [5, 5.41) is 2.13. The molecular weight excluding hydrogens is 216 g/mol. The van der Waals surface area contributed by atoms with Crippen LogP contribution in [0.2, 0.25) is 0 Å². The fourth-order valence-corrected chi connectivity index (χ4v) is 3.37. The molecule has 1 saturated carbocycles. The Morgan fingerprint density at radius 3 is 2.81 bits per heavy atom. The van der Waals surface area contributed by atoms with Crippen molar-refractivity contribution < 1.29 is 0 Å². The monoisotopic (exact) mass is 238 g/mol. The minimum absolute atomic E-state index is 0.0261. The van der Waals surface area contributed by atoms with Gasteiger partial charge in [0.25, 0.3) is 0 Å². The number of nitrogens with two attached hydrogens (primary N) is 1. The minimum atomic E-state index is 0.0261. The van der Waals surface area contributed by atoms with E-state index in [1.807, 2.05) is 5.51 Å². The average Bonchev–Trinajstić information content (AvgIpc) is 2.74. The fraction of sp³-hybridized carbons (Fsp3) is 0.769. The van der Waals surface area contributed by atoms with Crippen molar-refractivity contribution in [2.24, 2.45) is 11.7 Å². The maximum absolute atomic E-state index is 6.47. The van der Waals surface area contributed by atoms with E-state index in [4.69, 9.17) is 5.73 Å². The SMILES string of the molecule is CCCC1CCC(N)(Cc2cscn2)CC1. The van der Waals surface area contributed by atoms with Crippen LogP contribution in [0.4, 0.5) is 0 Å². The second-order valence-electron chi connectivity index (χ2n) is 5.25. The Morgan fingerprint density at radius 1 is 1.50 bits per heavy atom. The van der Waals surface area contributed by atoms with Crippen LogP contribution in [0.25, 0.3) is 0 Å². The Labute approximate surface area is 102 Å². The number of aromatic nitrogens is 1. The lowest BCUT2D eigenvalue weighted by Crippen LogP contribution is -2.45. The Balaban J connectivity index is 1.86. The maximum Gasteiger partial charge on any atom is 0.0794 e. The summed E-state index contributed by atoms with van der Waals surface area (Å²) in [4.78, 5) is 4.35. The molecule has 0 unspecified atom stereocenters. The number of rotatable bonds is 4. The molecule has 2 N–H and O–H groups in total. The van der Waals surface area contributed by atoms with Crippen molar-refractivity contribution in [2.45, 2.75) is 57.4 Å². The molecule has 1 aromatic rings. The fourth-order valence-electron chi connectivity index (χ4n) is 2.81. The zero-order chi connectivity index (χ0) is 11.4. The van der Waals surface area contributed by atoms with Gasteiger partial charge in [-0.3, -0.25) is 0 Å². The van der Waals surface area contributed by atoms with Crippen LogP contribution in [0.3, 0.4) is 0 Å². The molecule has 90 valence electrons. The van der Waals surface area contributed by atoms with Gasteiger partial charge in [0, 0.05) is 17.3 Å². The van der Waals surface area contributed by atoms with Gasteiger partial charge in [-0.05, 0) is 31.6 Å². The van der Waals surface area contributed by atoms with Crippen LogP contribution < -0.4 is 5.73 Å². The molecule has 0 spiro atoms. The molecule has 0 bridgehead atoms. The van der Waals surface area contributed by atoms with Crippen molar-refractivity contribution in [1.29, 1.82) is 0 Å². The quantitative estimate of drug-likeness (QED) is 0.873. The molecule has 1 heterocycles. The summed E-state index contributed by atoms with van der Waals surface area (Å²) in [6.45, 7) is 2.28. The number of hydrogen-bond acceptors (Lipinski definition) is 3. The first-order chi connectivity index (χ1) is 7.72. The minimum Gasteiger partial charge on any atom is -0.325 e. The summed E-state index contributed by atoms with van der Waals surface area (Å²) in [5.74, 6) is 0.928. The van der Waals surface area contributed by atoms with E-state index in [2.05, 4.69) is 17.3 Å². The molecule has 0 radical (unpaired) electrons. The third-order valence-electron chi connectivity index (χ3n) is 3.81. The molecule has 16 heavy (non-hydrogen) atoms. The number of thiazole rings is 1. The van der Waals surface area contributed by atoms with Crippen molar-refractivity contribution >= 4 is 11.3 Å². The van der Waals surface area contributed by atoms with Gasteiger partial charge in [-0.1, -0.05) is 19.8 Å². The van der Waals surface area contributed by atoms with Crippen molar-refractivity contribution in [3.05, 3.63) is 16.6 Å². The molecule has 1 aliphatic rings. The molecule has 1 aromatic heterocycles. The first-order valence-corrected chi connectivity index (χ1v) is 7.32. The highest BCUT2D eigenvalue weighted by molar-refractivity contribution is 7.07. The van der Waals surface area contributed by atoms with Crippen LogP contribution in [0.15, 0.2) is 10.9 Å². The zero-order valence-electron chi connectivity index (χ0n) is 10.1. The molecule has 0 atom stereocenters. The van der Waals surface area contributed by atoms with Crippen LogP contribution in [-0.2, 0) is 6.42 Å². The van der Waals surface area contributed by atoms with Crippen molar-refractivity contribution in [3.8, 4) is 0 Å². The predicted octanol–water partition coefficient (Wildman–Crippen LogP) is 3.37. The zero-order valence-corrected chi connectivity index (χ0v) is 10.9. The largest absolute Gasteiger partial charge is 0.325 e. The topological polar surface area (TPSA) is 38.9 Å². The highest BCUT2D eigenvalue weighted by atomic mass is 32.1. The van der Waals surface area contributed by atoms with Gasteiger partial charge < -0.3 is 5.73 Å². The van der Waals surface area contributed by atoms with E-state index in [0.717, 1.165) is 12.3 Å². The summed E-state index contributed by atoms with van der Waals surface area (Å²) >= 11 is 1.67. The first-order valence-electron chi connectivity index (χ1n) is 6.38. The molecule has 0 aliphatic heterocycles. The third kappa shape index (κ3) is 3.05. The second-order valence-corrected chi connectivity index (χ2v) is 5.97. The van der Waals surface area contributed by atoms with Crippen LogP contribution in [-0.4, -0.2) is 10.5 Å². The van der Waals surface area contributed by atoms with Crippen LogP contribution >= 0.6 is 11.3 Å². The summed E-state index contributed by atoms with van der Waals surface area (Å²) in [6.07, 6.45) is 8.64. The molecule has 0 amide bonds. The van der Waals surface area contributed by atoms with Crippen molar-refractivity contribution in [2.75, 3.05) is 0 Å². The number of hydrogen-bond donors (Lipinski definition) is 1. The van der Waals surface area contributed by atoms with E-state index in [0.29, 0.717) is 0 Å². The second kappa shape index (κ2) is 5.28. The molecule has 3 heteroatoms. The van der Waals surface area contributed by atoms with Crippen molar-refractivity contribution in [3.63, 3.8) is 0 Å². The van der Waals surface area contributed by atoms with E-state index in [9.17, 15) is 0 Å². The Bertz CT molecular complexity index is 300. The summed E-state index contributed by atoms with van der Waals surface area (Å²) in [7, 11) is 0. The van der Waals surface area contributed by atoms with Gasteiger partial charge >= 0.3 is 0 Å². The van der Waals surface area contributed by atoms with Gasteiger partial charge in [0.2, 0.25) is 0 Å². The summed E-state index contributed by atoms with van der Waals surface area (Å²) < 4.78 is 0. The molecule has 1 aliphatic carbocycles. The van der Waals surface area contributed by atoms with Gasteiger partial charge in [-0.25, -0.2) is 4.98 Å².